The Balaban J connectivity index is 1.50. The van der Waals surface area contributed by atoms with Crippen LogP contribution in [-0.4, -0.2) is 66.8 Å². The molecule has 0 bridgehead atoms. The summed E-state index contributed by atoms with van der Waals surface area (Å²) in [5, 5.41) is 21.8. The molecule has 1 fully saturated rings. The smallest absolute Gasteiger partial charge is 0.414 e. The highest BCUT2D eigenvalue weighted by molar-refractivity contribution is 7.86. The molecule has 1 aliphatic heterocycles. The monoisotopic (exact) mass is 628 g/mol. The second-order valence-electron chi connectivity index (χ2n) is 9.87. The Morgan fingerprint density at radius 2 is 1.39 bits per heavy atom. The highest BCUT2D eigenvalue weighted by atomic mass is 32.2. The van der Waals surface area contributed by atoms with E-state index in [4.69, 9.17) is 13.7 Å². The lowest BCUT2D eigenvalue weighted by Gasteiger charge is -2.30. The number of benzene rings is 3. The van der Waals surface area contributed by atoms with Gasteiger partial charge in [-0.15, -0.1) is 0 Å². The van der Waals surface area contributed by atoms with Crippen molar-refractivity contribution in [2.24, 2.45) is 0 Å². The van der Waals surface area contributed by atoms with Crippen molar-refractivity contribution in [3.63, 3.8) is 0 Å². The van der Waals surface area contributed by atoms with Crippen LogP contribution in [0.4, 0.5) is 26.7 Å². The summed E-state index contributed by atoms with van der Waals surface area (Å²) in [5.41, 5.74) is 1.20. The molecule has 16 heteroatoms. The molecule has 1 heterocycles. The number of non-ortho nitro benzene ring substituents is 2. The molecule has 0 aliphatic carbocycles. The predicted octanol–water partition coefficient (Wildman–Crippen LogP) is 4.40. The third-order valence-electron chi connectivity index (χ3n) is 6.62. The summed E-state index contributed by atoms with van der Waals surface area (Å²) in [4.78, 5) is 49.8. The van der Waals surface area contributed by atoms with Gasteiger partial charge in [0.2, 0.25) is 0 Å². The fourth-order valence-corrected chi connectivity index (χ4v) is 5.20. The molecule has 0 unspecified atom stereocenters. The van der Waals surface area contributed by atoms with Gasteiger partial charge in [-0.3, -0.25) is 29.3 Å². The van der Waals surface area contributed by atoms with Crippen LogP contribution in [0.25, 0.3) is 0 Å². The summed E-state index contributed by atoms with van der Waals surface area (Å²) in [7, 11) is -3.87. The maximum atomic E-state index is 13.3. The summed E-state index contributed by atoms with van der Waals surface area (Å²) in [6.07, 6.45) is -1.54. The van der Waals surface area contributed by atoms with Crippen molar-refractivity contribution in [1.29, 1.82) is 0 Å². The van der Waals surface area contributed by atoms with E-state index < -0.39 is 44.3 Å². The highest BCUT2D eigenvalue weighted by Crippen LogP contribution is 2.27. The van der Waals surface area contributed by atoms with E-state index in [2.05, 4.69) is 0 Å². The maximum Gasteiger partial charge on any atom is 0.414 e. The number of ether oxygens (including phenoxy) is 2. The van der Waals surface area contributed by atoms with Crippen LogP contribution in [0.5, 0.6) is 0 Å². The van der Waals surface area contributed by atoms with Gasteiger partial charge < -0.3 is 14.4 Å². The van der Waals surface area contributed by atoms with Gasteiger partial charge in [-0.2, -0.15) is 8.42 Å². The van der Waals surface area contributed by atoms with Gasteiger partial charge in [-0.05, 0) is 53.9 Å². The summed E-state index contributed by atoms with van der Waals surface area (Å²) in [6.45, 7) is -0.653. The molecule has 4 rings (SSSR count). The van der Waals surface area contributed by atoms with Gasteiger partial charge in [0.25, 0.3) is 21.5 Å². The topological polar surface area (TPSA) is 189 Å². The van der Waals surface area contributed by atoms with Gasteiger partial charge in [0, 0.05) is 36.5 Å². The SMILES string of the molecule is CS(=O)(=O)O[C@@H]1C[C@@H](CN(C(=O)OCc2ccc([N+](=O)[O-])cc2)c2ccccc2)N(C(=O)OCc2ccc([N+](=O)[O-])cc2)C1. The molecule has 3 aromatic rings. The van der Waals surface area contributed by atoms with Gasteiger partial charge in [0.1, 0.15) is 13.2 Å². The molecule has 2 atom stereocenters. The average molecular weight is 629 g/mol. The second-order valence-corrected chi connectivity index (χ2v) is 11.5. The Labute approximate surface area is 252 Å². The number of hydrogen-bond acceptors (Lipinski definition) is 11. The van der Waals surface area contributed by atoms with Crippen molar-refractivity contribution in [2.45, 2.75) is 31.8 Å². The third kappa shape index (κ3) is 8.71. The van der Waals surface area contributed by atoms with Gasteiger partial charge in [-0.25, -0.2) is 9.59 Å². The average Bonchev–Trinajstić information content (AvgIpc) is 3.38. The van der Waals surface area contributed by atoms with Crippen molar-refractivity contribution in [2.75, 3.05) is 24.2 Å². The van der Waals surface area contributed by atoms with Crippen LogP contribution in [0, 0.1) is 20.2 Å². The van der Waals surface area contributed by atoms with E-state index in [-0.39, 0.29) is 44.1 Å². The molecule has 2 amide bonds. The van der Waals surface area contributed by atoms with Crippen molar-refractivity contribution in [3.8, 4) is 0 Å². The minimum atomic E-state index is -3.87. The highest BCUT2D eigenvalue weighted by Gasteiger charge is 2.40. The summed E-state index contributed by atoms with van der Waals surface area (Å²) in [5.74, 6) is 0. The van der Waals surface area contributed by atoms with Crippen molar-refractivity contribution < 1.29 is 41.5 Å². The second kappa shape index (κ2) is 13.9. The third-order valence-corrected chi connectivity index (χ3v) is 7.24. The van der Waals surface area contributed by atoms with Crippen molar-refractivity contribution >= 4 is 39.4 Å². The van der Waals surface area contributed by atoms with E-state index in [9.17, 15) is 38.2 Å². The Bertz CT molecular complexity index is 1600. The number of para-hydroxylation sites is 1. The van der Waals surface area contributed by atoms with E-state index in [1.54, 1.807) is 30.3 Å². The Morgan fingerprint density at radius 3 is 1.89 bits per heavy atom. The lowest BCUT2D eigenvalue weighted by molar-refractivity contribution is -0.385. The van der Waals surface area contributed by atoms with E-state index in [0.29, 0.717) is 16.8 Å². The van der Waals surface area contributed by atoms with Crippen LogP contribution in [0.1, 0.15) is 17.5 Å². The van der Waals surface area contributed by atoms with Gasteiger partial charge >= 0.3 is 12.2 Å². The van der Waals surface area contributed by atoms with Crippen molar-refractivity contribution in [3.05, 3.63) is 110 Å². The number of carbonyl (C=O) groups is 2. The first-order valence-corrected chi connectivity index (χ1v) is 15.0. The first-order chi connectivity index (χ1) is 20.9. The van der Waals surface area contributed by atoms with Gasteiger partial charge in [0.05, 0.1) is 34.8 Å². The number of nitrogens with zero attached hydrogens (tertiary/aromatic N) is 4. The van der Waals surface area contributed by atoms with Crippen molar-refractivity contribution in [1.82, 2.24) is 4.90 Å². The Hall–Kier alpha value is -5.09. The molecule has 44 heavy (non-hydrogen) atoms. The number of hydrogen-bond donors (Lipinski definition) is 0. The first-order valence-electron chi connectivity index (χ1n) is 13.2. The normalized spacial score (nSPS) is 16.2. The van der Waals surface area contributed by atoms with Crippen LogP contribution >= 0.6 is 0 Å². The largest absolute Gasteiger partial charge is 0.445 e. The number of rotatable bonds is 11. The molecule has 3 aromatic carbocycles. The summed E-state index contributed by atoms with van der Waals surface area (Å²) < 4.78 is 39.8. The fraction of sp³-hybridized carbons (Fsp3) is 0.286. The van der Waals surface area contributed by atoms with Crippen LogP contribution in [0.3, 0.4) is 0 Å². The van der Waals surface area contributed by atoms with Gasteiger partial charge in [-0.1, -0.05) is 18.2 Å². The van der Waals surface area contributed by atoms with E-state index >= 15 is 0 Å². The molecule has 0 spiro atoms. The van der Waals surface area contributed by atoms with Gasteiger partial charge in [0.15, 0.2) is 0 Å². The zero-order chi connectivity index (χ0) is 31.9. The standard InChI is InChI=1S/C28H28N4O11S/c1-44(39,40)43-26-15-25(30(17-26)28(34)42-19-21-9-13-24(14-10-21)32(37)38)16-29(22-5-3-2-4-6-22)27(33)41-18-20-7-11-23(12-8-20)31(35)36/h2-14,25-26H,15-19H2,1H3/t25-,26+/m0/s1. The van der Waals surface area contributed by atoms with Crippen LogP contribution in [0.2, 0.25) is 0 Å². The Morgan fingerprint density at radius 1 is 0.864 bits per heavy atom. The van der Waals surface area contributed by atoms with E-state index in [0.717, 1.165) is 6.26 Å². The first kappa shape index (κ1) is 31.8. The molecule has 0 aromatic heterocycles. The molecular weight excluding hydrogens is 600 g/mol. The number of amides is 2. The number of likely N-dealkylation sites (tertiary alicyclic amines) is 1. The summed E-state index contributed by atoms with van der Waals surface area (Å²) >= 11 is 0. The molecule has 0 N–H and O–H groups in total. The number of carbonyl (C=O) groups excluding carboxylic acids is 2. The van der Waals surface area contributed by atoms with Crippen LogP contribution < -0.4 is 4.90 Å². The molecular formula is C28H28N4O11S. The molecule has 0 radical (unpaired) electrons. The lowest BCUT2D eigenvalue weighted by atomic mass is 10.1. The molecule has 0 saturated carbocycles. The number of anilines is 1. The zero-order valence-electron chi connectivity index (χ0n) is 23.4. The fourth-order valence-electron chi connectivity index (χ4n) is 4.57. The molecule has 1 saturated heterocycles. The number of nitro benzene ring substituents is 2. The molecule has 1 aliphatic rings. The zero-order valence-corrected chi connectivity index (χ0v) is 24.2. The Kier molecular flexibility index (Phi) is 10.1. The van der Waals surface area contributed by atoms with Crippen LogP contribution in [0.15, 0.2) is 78.9 Å². The van der Waals surface area contributed by atoms with E-state index in [1.807, 2.05) is 0 Å². The number of nitro groups is 2. The molecule has 15 nitrogen and oxygen atoms in total. The lowest BCUT2D eigenvalue weighted by Crippen LogP contribution is -2.45. The summed E-state index contributed by atoms with van der Waals surface area (Å²) in [6, 6.07) is 18.7. The van der Waals surface area contributed by atoms with Crippen LogP contribution in [-0.2, 0) is 37.0 Å². The maximum absolute atomic E-state index is 13.3. The minimum Gasteiger partial charge on any atom is -0.445 e. The predicted molar refractivity (Wildman–Crippen MR) is 155 cm³/mol. The minimum absolute atomic E-state index is 0.0542. The molecule has 232 valence electrons. The van der Waals surface area contributed by atoms with E-state index in [1.165, 1.54) is 58.3 Å². The quantitative estimate of drug-likeness (QED) is 0.166.